The fourth-order valence-corrected chi connectivity index (χ4v) is 30.3. The molecular formula is C60H40P2. The summed E-state index contributed by atoms with van der Waals surface area (Å²) in [4.78, 5) is 0. The van der Waals surface area contributed by atoms with Gasteiger partial charge in [0.2, 0.25) is 0 Å². The summed E-state index contributed by atoms with van der Waals surface area (Å²) in [6.07, 6.45) is 0. The molecule has 10 aromatic rings. The van der Waals surface area contributed by atoms with E-state index in [9.17, 15) is 0 Å². The molecule has 0 bridgehead atoms. The Balaban J connectivity index is 0.000000131. The SMILES string of the molecule is c1ccc2c(c1)-c1ccccc1[P+]21c2ccccc2-c2ccccc21.c1ccc2c(c1)-c1ccccc1[P-]213(c2ccccc2-c2ccccc21)c1ccccc1-c1ccccc13. The Hall–Kier alpha value is -6.94. The maximum absolute atomic E-state index is 4.33. The van der Waals surface area contributed by atoms with E-state index in [2.05, 4.69) is 243 Å². The molecule has 0 N–H and O–H groups in total. The van der Waals surface area contributed by atoms with Crippen LogP contribution < -0.4 is 53.0 Å². The average molecular weight is 823 g/mol. The zero-order valence-corrected chi connectivity index (χ0v) is 35.8. The second kappa shape index (κ2) is 11.7. The van der Waals surface area contributed by atoms with Gasteiger partial charge in [-0.3, -0.25) is 0 Å². The van der Waals surface area contributed by atoms with Gasteiger partial charge in [-0.15, -0.1) is 0 Å². The molecular weight excluding hydrogens is 783 g/mol. The van der Waals surface area contributed by atoms with Crippen molar-refractivity contribution in [3.05, 3.63) is 243 Å². The van der Waals surface area contributed by atoms with Crippen molar-refractivity contribution >= 4 is 66.3 Å². The molecule has 0 nitrogen and oxygen atoms in total. The van der Waals surface area contributed by atoms with Gasteiger partial charge in [0.05, 0.1) is 0 Å². The summed E-state index contributed by atoms with van der Waals surface area (Å²) in [5, 5.41) is 14.9. The molecule has 0 amide bonds. The van der Waals surface area contributed by atoms with E-state index >= 15 is 0 Å². The molecule has 2 spiro atoms. The predicted octanol–water partition coefficient (Wildman–Crippen LogP) is 10.2. The molecule has 0 atom stereocenters. The Kier molecular flexibility index (Phi) is 6.55. The van der Waals surface area contributed by atoms with Crippen LogP contribution in [0.1, 0.15) is 0 Å². The van der Waals surface area contributed by atoms with Crippen LogP contribution in [0, 0.1) is 0 Å². The summed E-state index contributed by atoms with van der Waals surface area (Å²) in [5.41, 5.74) is 13.9. The zero-order valence-electron chi connectivity index (χ0n) is 34.0. The summed E-state index contributed by atoms with van der Waals surface area (Å²) in [6, 6.07) is 92.0. The van der Waals surface area contributed by atoms with E-state index in [0.717, 1.165) is 0 Å². The molecule has 10 aromatic carbocycles. The van der Waals surface area contributed by atoms with Crippen LogP contribution in [0.25, 0.3) is 55.6 Å². The first-order valence-corrected chi connectivity index (χ1v) is 26.2. The number of fused-ring (bicyclic) bond motifs is 19. The third-order valence-corrected chi connectivity index (χ3v) is 29.6. The van der Waals surface area contributed by atoms with Gasteiger partial charge in [-0.25, -0.2) is 0 Å². The monoisotopic (exact) mass is 822 g/mol. The van der Waals surface area contributed by atoms with E-state index in [1.54, 1.807) is 0 Å². The van der Waals surface area contributed by atoms with Crippen molar-refractivity contribution in [3.63, 3.8) is 0 Å². The number of rotatable bonds is 0. The van der Waals surface area contributed by atoms with E-state index < -0.39 is 13.2 Å². The van der Waals surface area contributed by atoms with Crippen LogP contribution in [0.2, 0.25) is 0 Å². The quantitative estimate of drug-likeness (QED) is 0.134. The van der Waals surface area contributed by atoms with Crippen LogP contribution in [0.4, 0.5) is 0 Å². The normalized spacial score (nSPS) is 17.2. The van der Waals surface area contributed by atoms with Crippen molar-refractivity contribution in [1.29, 1.82) is 0 Å². The van der Waals surface area contributed by atoms with Gasteiger partial charge in [0, 0.05) is 22.3 Å². The van der Waals surface area contributed by atoms with Gasteiger partial charge >= 0.3 is 217 Å². The van der Waals surface area contributed by atoms with Crippen LogP contribution >= 0.6 is 13.2 Å². The minimum absolute atomic E-state index is 1.37. The van der Waals surface area contributed by atoms with Crippen LogP contribution in [0.3, 0.4) is 0 Å². The van der Waals surface area contributed by atoms with Crippen LogP contribution in [-0.4, -0.2) is 0 Å². The molecule has 0 aliphatic carbocycles. The summed E-state index contributed by atoms with van der Waals surface area (Å²) in [5.74, 6) is -4.33. The predicted molar refractivity (Wildman–Crippen MR) is 270 cm³/mol. The molecule has 0 aromatic heterocycles. The topological polar surface area (TPSA) is 0 Å². The average Bonchev–Trinajstić information content (AvgIpc) is 4.06. The van der Waals surface area contributed by atoms with Gasteiger partial charge in [0.1, 0.15) is 28.5 Å². The molecule has 5 heterocycles. The van der Waals surface area contributed by atoms with E-state index in [1.165, 1.54) is 109 Å². The van der Waals surface area contributed by atoms with Crippen LogP contribution in [0.15, 0.2) is 243 Å². The summed E-state index contributed by atoms with van der Waals surface area (Å²) >= 11 is 0. The fourth-order valence-electron chi connectivity index (χ4n) is 13.8. The molecule has 62 heavy (non-hydrogen) atoms. The first-order chi connectivity index (χ1) is 30.7. The number of benzene rings is 10. The van der Waals surface area contributed by atoms with Gasteiger partial charge in [-0.1, -0.05) is 72.8 Å². The Bertz CT molecular complexity index is 3030. The Morgan fingerprint density at radius 1 is 0.177 bits per heavy atom. The van der Waals surface area contributed by atoms with Gasteiger partial charge in [-0.05, 0) is 24.3 Å². The number of hydrogen-bond donors (Lipinski definition) is 0. The van der Waals surface area contributed by atoms with Crippen molar-refractivity contribution < 1.29 is 0 Å². The van der Waals surface area contributed by atoms with Crippen molar-refractivity contribution in [2.45, 2.75) is 0 Å². The fraction of sp³-hybridized carbons (Fsp3) is 0. The van der Waals surface area contributed by atoms with Gasteiger partial charge in [0.25, 0.3) is 0 Å². The summed E-state index contributed by atoms with van der Waals surface area (Å²) in [7, 11) is -1.76. The molecule has 0 unspecified atom stereocenters. The third-order valence-electron chi connectivity index (χ3n) is 15.6. The molecule has 15 rings (SSSR count). The summed E-state index contributed by atoms with van der Waals surface area (Å²) < 4.78 is 0. The first-order valence-electron chi connectivity index (χ1n) is 21.8. The van der Waals surface area contributed by atoms with Crippen LogP contribution in [0.5, 0.6) is 0 Å². The van der Waals surface area contributed by atoms with Gasteiger partial charge in [0.15, 0.2) is 0 Å². The van der Waals surface area contributed by atoms with Crippen molar-refractivity contribution in [2.75, 3.05) is 0 Å². The van der Waals surface area contributed by atoms with E-state index in [4.69, 9.17) is 0 Å². The molecule has 0 radical (unpaired) electrons. The third kappa shape index (κ3) is 3.35. The molecule has 0 saturated carbocycles. The molecule has 0 fully saturated rings. The Labute approximate surface area is 362 Å². The van der Waals surface area contributed by atoms with E-state index in [0.29, 0.717) is 0 Å². The van der Waals surface area contributed by atoms with Gasteiger partial charge in [-0.2, -0.15) is 0 Å². The standard InChI is InChI=1S/C36H24P.C24H16P/c1-7-19-31-25(13-1)26-14-2-8-20-32(26)37(31,33-21-9-3-15-27(33)28-16-4-10-22-34(28)37)35-23-11-5-17-29(35)30-18-6-12-24-36(30)37;1-5-13-21-17(9-1)18-10-2-6-14-22(18)25(21)23-15-7-3-11-19(23)20-12-4-8-16-24(20)25/h1-24H;1-16H/q-1;+1. The van der Waals surface area contributed by atoms with E-state index in [-0.39, 0.29) is 0 Å². The van der Waals surface area contributed by atoms with Crippen molar-refractivity contribution in [1.82, 2.24) is 0 Å². The molecule has 290 valence electrons. The number of hydrogen-bond acceptors (Lipinski definition) is 0. The Morgan fingerprint density at radius 2 is 0.339 bits per heavy atom. The second-order valence-corrected chi connectivity index (χ2v) is 27.0. The summed E-state index contributed by atoms with van der Waals surface area (Å²) in [6.45, 7) is 0. The zero-order chi connectivity index (χ0) is 40.7. The minimum atomic E-state index is -4.33. The molecule has 5 aliphatic rings. The first kappa shape index (κ1) is 34.7. The van der Waals surface area contributed by atoms with Crippen molar-refractivity contribution in [3.8, 4) is 55.6 Å². The van der Waals surface area contributed by atoms with Crippen LogP contribution in [-0.2, 0) is 0 Å². The second-order valence-electron chi connectivity index (χ2n) is 17.5. The van der Waals surface area contributed by atoms with Crippen molar-refractivity contribution in [2.24, 2.45) is 0 Å². The van der Waals surface area contributed by atoms with Gasteiger partial charge < -0.3 is 0 Å². The molecule has 2 heteroatoms. The molecule has 0 saturated heterocycles. The Morgan fingerprint density at radius 3 is 0.548 bits per heavy atom. The molecule has 5 aliphatic heterocycles. The maximum atomic E-state index is 2.46. The van der Waals surface area contributed by atoms with E-state index in [1.807, 2.05) is 0 Å².